The number of hydrogen-bond donors (Lipinski definition) is 10. The number of carboxylic acids is 1. The second-order valence-corrected chi connectivity index (χ2v) is 15.6. The van der Waals surface area contributed by atoms with Crippen molar-refractivity contribution in [3.63, 3.8) is 0 Å². The number of likely N-dealkylation sites (tertiary alicyclic amines) is 1. The number of phenols is 1. The first kappa shape index (κ1) is 50.5. The summed E-state index contributed by atoms with van der Waals surface area (Å²) in [7, 11) is 0. The number of hydrogen-bond acceptors (Lipinski definition) is 13. The van der Waals surface area contributed by atoms with Crippen molar-refractivity contribution in [3.8, 4) is 5.75 Å². The number of nitrogens with two attached hydrogens (primary N) is 2. The number of amides is 7. The number of nitrogen functional groups attached to an aromatic ring is 1. The van der Waals surface area contributed by atoms with Crippen LogP contribution in [0.5, 0.6) is 5.75 Å². The van der Waals surface area contributed by atoms with E-state index in [9.17, 15) is 53.6 Å². The maximum Gasteiger partial charge on any atom is 0.310 e. The maximum atomic E-state index is 13.8. The first-order valence-electron chi connectivity index (χ1n) is 20.5. The van der Waals surface area contributed by atoms with Gasteiger partial charge in [0.05, 0.1) is 11.0 Å². The molecule has 2 aromatic rings. The Hall–Kier alpha value is -6.84. The van der Waals surface area contributed by atoms with Gasteiger partial charge in [-0.3, -0.25) is 48.5 Å². The number of aromatic hydroxyl groups is 1. The Bertz CT molecular complexity index is 2030. The summed E-state index contributed by atoms with van der Waals surface area (Å²) in [6, 6.07) is 2.23. The molecule has 1 aliphatic heterocycles. The number of nitro groups is 1. The van der Waals surface area contributed by atoms with Gasteiger partial charge >= 0.3 is 11.7 Å². The summed E-state index contributed by atoms with van der Waals surface area (Å²) in [5.41, 5.74) is 12.2. The molecule has 0 spiro atoms. The van der Waals surface area contributed by atoms with Gasteiger partial charge < -0.3 is 58.5 Å². The van der Waals surface area contributed by atoms with Crippen LogP contribution in [0.1, 0.15) is 77.8 Å². The van der Waals surface area contributed by atoms with Gasteiger partial charge in [-0.1, -0.05) is 44.5 Å². The molecule has 8 atom stereocenters. The Morgan fingerprint density at radius 1 is 0.857 bits per heavy atom. The second-order valence-electron chi connectivity index (χ2n) is 15.6. The zero-order chi connectivity index (χ0) is 47.1. The van der Waals surface area contributed by atoms with Gasteiger partial charge in [0.1, 0.15) is 36.3 Å². The smallest absolute Gasteiger partial charge is 0.310 e. The molecule has 1 aliphatic rings. The minimum Gasteiger partial charge on any atom is -0.502 e. The van der Waals surface area contributed by atoms with Crippen LogP contribution >= 0.6 is 0 Å². The van der Waals surface area contributed by atoms with Gasteiger partial charge in [0.25, 0.3) is 0 Å². The van der Waals surface area contributed by atoms with Gasteiger partial charge in [-0.25, -0.2) is 0 Å². The molecule has 63 heavy (non-hydrogen) atoms. The maximum absolute atomic E-state index is 13.8. The number of carbonyl (C=O) groups is 8. The Balaban J connectivity index is 1.69. The van der Waals surface area contributed by atoms with Crippen molar-refractivity contribution < 1.29 is 53.5 Å². The molecule has 2 aromatic carbocycles. The second kappa shape index (κ2) is 23.4. The van der Waals surface area contributed by atoms with E-state index in [1.807, 2.05) is 19.1 Å². The highest BCUT2D eigenvalue weighted by atomic mass is 16.6. The number of nitrogens with zero attached hydrogens (tertiary/aromatic N) is 2. The highest BCUT2D eigenvalue weighted by Crippen LogP contribution is 2.27. The van der Waals surface area contributed by atoms with E-state index in [0.29, 0.717) is 25.1 Å². The fourth-order valence-corrected chi connectivity index (χ4v) is 6.73. The molecule has 3 rings (SSSR count). The topological polar surface area (TPSA) is 348 Å². The quantitative estimate of drug-likeness (QED) is 0.0381. The summed E-state index contributed by atoms with van der Waals surface area (Å²) < 4.78 is 0. The van der Waals surface area contributed by atoms with E-state index in [-0.39, 0.29) is 30.9 Å². The zero-order valence-corrected chi connectivity index (χ0v) is 35.8. The van der Waals surface area contributed by atoms with Crippen LogP contribution in [0.3, 0.4) is 0 Å². The van der Waals surface area contributed by atoms with Crippen LogP contribution in [-0.2, 0) is 51.3 Å². The molecule has 344 valence electrons. The molecule has 22 heteroatoms. The summed E-state index contributed by atoms with van der Waals surface area (Å²) in [5, 5.41) is 46.3. The van der Waals surface area contributed by atoms with E-state index in [4.69, 9.17) is 16.6 Å². The number of primary amides is 1. The fourth-order valence-electron chi connectivity index (χ4n) is 6.73. The number of carbonyl (C=O) groups excluding carboxylic acids is 7. The predicted octanol–water partition coefficient (Wildman–Crippen LogP) is -0.546. The van der Waals surface area contributed by atoms with Crippen LogP contribution in [0.25, 0.3) is 0 Å². The molecule has 7 amide bonds. The van der Waals surface area contributed by atoms with Crippen molar-refractivity contribution in [1.82, 2.24) is 36.8 Å². The third kappa shape index (κ3) is 14.6. The van der Waals surface area contributed by atoms with Crippen LogP contribution in [0, 0.1) is 16.0 Å². The minimum atomic E-state index is -1.54. The summed E-state index contributed by atoms with van der Waals surface area (Å²) in [4.78, 5) is 116. The lowest BCUT2D eigenvalue weighted by Crippen LogP contribution is -2.59. The third-order valence-corrected chi connectivity index (χ3v) is 10.8. The molecule has 1 fully saturated rings. The lowest BCUT2D eigenvalue weighted by molar-refractivity contribution is -0.385. The van der Waals surface area contributed by atoms with Crippen LogP contribution in [-0.4, -0.2) is 116 Å². The number of benzene rings is 2. The standard InChI is InChI=1S/C41H58N10O12/c1-6-21(2)34(49-36(56)22(3)44-20-26-10-7-8-11-27(26)42)40(60)45-23(4)37(57)46-24(5)41(61)50-17-9-12-30(50)39(59)48-29(18-25-13-15-32(52)31(19-25)51(62)63)38(58)47-28(35(43)55)14-16-33(53)54/h7-8,10-11,13,15,19,21-24,28-30,34,44,52H,6,9,12,14,16-18,20,42H2,1-5H3,(H2,43,55)(H,45,60)(H,46,57)(H,47,58)(H,48,59)(H,49,56)(H,53,54)/t21-,22-,23-,24-,28-,29-,30-,34-/m0/s1. The van der Waals surface area contributed by atoms with Gasteiger partial charge in [0.2, 0.25) is 41.4 Å². The molecule has 0 radical (unpaired) electrons. The molecule has 0 unspecified atom stereocenters. The van der Waals surface area contributed by atoms with Crippen molar-refractivity contribution in [1.29, 1.82) is 0 Å². The minimum absolute atomic E-state index is 0.0890. The lowest BCUT2D eigenvalue weighted by atomic mass is 9.97. The van der Waals surface area contributed by atoms with Crippen LogP contribution in [0.15, 0.2) is 42.5 Å². The molecule has 0 aromatic heterocycles. The lowest BCUT2D eigenvalue weighted by Gasteiger charge is -2.30. The van der Waals surface area contributed by atoms with E-state index in [1.54, 1.807) is 26.0 Å². The average Bonchev–Trinajstić information content (AvgIpc) is 3.73. The molecule has 22 nitrogen and oxygen atoms in total. The van der Waals surface area contributed by atoms with E-state index in [1.165, 1.54) is 24.8 Å². The van der Waals surface area contributed by atoms with Crippen molar-refractivity contribution in [3.05, 3.63) is 63.7 Å². The number of nitro benzene ring substituents is 1. The molecule has 0 aliphatic carbocycles. The molecule has 1 heterocycles. The van der Waals surface area contributed by atoms with E-state index in [0.717, 1.165) is 17.7 Å². The largest absolute Gasteiger partial charge is 0.502 e. The van der Waals surface area contributed by atoms with Gasteiger partial charge in [0, 0.05) is 37.7 Å². The number of carboxylic acid groups (broad SMARTS) is 1. The van der Waals surface area contributed by atoms with Gasteiger partial charge in [-0.05, 0) is 69.2 Å². The number of nitrogens with one attached hydrogen (secondary N) is 6. The summed E-state index contributed by atoms with van der Waals surface area (Å²) in [5.74, 6) is -7.59. The SMILES string of the molecule is CC[C@H](C)[C@H](NC(=O)[C@H](C)NCc1ccccc1N)C(=O)N[C@@H](C)C(=O)N[C@@H](C)C(=O)N1CCC[C@H]1C(=O)N[C@@H](Cc1ccc(O)c([N+](=O)[O-])c1)C(=O)N[C@@H](CCC(=O)O)C(N)=O. The van der Waals surface area contributed by atoms with Crippen molar-refractivity contribution >= 4 is 58.7 Å². The summed E-state index contributed by atoms with van der Waals surface area (Å²) in [6.45, 7) is 8.44. The van der Waals surface area contributed by atoms with Crippen LogP contribution in [0.2, 0.25) is 0 Å². The van der Waals surface area contributed by atoms with E-state index >= 15 is 0 Å². The summed E-state index contributed by atoms with van der Waals surface area (Å²) in [6.07, 6.45) is -0.299. The molecule has 12 N–H and O–H groups in total. The highest BCUT2D eigenvalue weighted by Gasteiger charge is 2.39. The number of para-hydroxylation sites is 1. The Morgan fingerprint density at radius 2 is 1.51 bits per heavy atom. The summed E-state index contributed by atoms with van der Waals surface area (Å²) >= 11 is 0. The number of aliphatic carboxylic acids is 1. The normalized spacial score (nSPS) is 16.8. The zero-order valence-electron chi connectivity index (χ0n) is 35.8. The van der Waals surface area contributed by atoms with Gasteiger partial charge in [-0.15, -0.1) is 0 Å². The number of anilines is 1. The van der Waals surface area contributed by atoms with Gasteiger partial charge in [-0.2, -0.15) is 0 Å². The predicted molar refractivity (Wildman–Crippen MR) is 227 cm³/mol. The average molecular weight is 883 g/mol. The van der Waals surface area contributed by atoms with Gasteiger partial charge in [0.15, 0.2) is 5.75 Å². The molecule has 0 saturated carbocycles. The third-order valence-electron chi connectivity index (χ3n) is 10.8. The Labute approximate surface area is 363 Å². The van der Waals surface area contributed by atoms with E-state index < -0.39 is 119 Å². The molecular weight excluding hydrogens is 825 g/mol. The number of phenolic OH excluding ortho intramolecular Hbond substituents is 1. The van der Waals surface area contributed by atoms with E-state index in [2.05, 4.69) is 31.9 Å². The van der Waals surface area contributed by atoms with Crippen molar-refractivity contribution in [2.45, 2.75) is 122 Å². The Kier molecular flexibility index (Phi) is 18.8. The first-order chi connectivity index (χ1) is 29.6. The van der Waals surface area contributed by atoms with Crippen LogP contribution < -0.4 is 43.4 Å². The van der Waals surface area contributed by atoms with Crippen molar-refractivity contribution in [2.75, 3.05) is 12.3 Å². The first-order valence-corrected chi connectivity index (χ1v) is 20.5. The van der Waals surface area contributed by atoms with Crippen LogP contribution in [0.4, 0.5) is 11.4 Å². The number of rotatable bonds is 23. The Morgan fingerprint density at radius 3 is 2.13 bits per heavy atom. The highest BCUT2D eigenvalue weighted by molar-refractivity contribution is 5.97. The fraction of sp³-hybridized carbons (Fsp3) is 0.512. The van der Waals surface area contributed by atoms with Crippen molar-refractivity contribution in [2.24, 2.45) is 11.7 Å². The molecular formula is C41H58N10O12. The monoisotopic (exact) mass is 882 g/mol. The molecule has 1 saturated heterocycles. The molecule has 0 bridgehead atoms.